The summed E-state index contributed by atoms with van der Waals surface area (Å²) in [5.74, 6) is 1.81. The van der Waals surface area contributed by atoms with Crippen molar-refractivity contribution in [1.82, 2.24) is 0 Å². The molecule has 0 N–H and O–H groups in total. The first-order chi connectivity index (χ1) is 23.3. The van der Waals surface area contributed by atoms with Crippen LogP contribution in [0.25, 0.3) is 87.6 Å². The van der Waals surface area contributed by atoms with Crippen molar-refractivity contribution in [2.24, 2.45) is 0 Å². The van der Waals surface area contributed by atoms with Gasteiger partial charge in [0.25, 0.3) is 0 Å². The Morgan fingerprint density at radius 1 is 0.298 bits per heavy atom. The molecule has 1 aliphatic heterocycles. The molecule has 0 fully saturated rings. The number of ether oxygens (including phenoxy) is 1. The van der Waals surface area contributed by atoms with Crippen LogP contribution in [0.15, 0.2) is 170 Å². The fraction of sp³-hybridized carbons (Fsp3) is 0. The highest BCUT2D eigenvalue weighted by atomic mass is 16.5. The Hall–Kier alpha value is -6.18. The maximum absolute atomic E-state index is 6.62. The molecule has 0 amide bonds. The van der Waals surface area contributed by atoms with E-state index in [2.05, 4.69) is 170 Å². The molecule has 0 bridgehead atoms. The number of hydrogen-bond acceptors (Lipinski definition) is 1. The lowest BCUT2D eigenvalue weighted by Gasteiger charge is -2.23. The van der Waals surface area contributed by atoms with Crippen LogP contribution in [0, 0.1) is 0 Å². The SMILES string of the molecule is c1ccc(-c2c3ccccc3c(-c3ccc4c(c3)Oc3cccc5cccc-4c35)c3ccccc23)c(-c2ccc3ccccc3c2)c1. The lowest BCUT2D eigenvalue weighted by Crippen LogP contribution is -1.98. The molecule has 10 rings (SSSR count). The quantitative estimate of drug-likeness (QED) is 0.184. The topological polar surface area (TPSA) is 9.23 Å². The van der Waals surface area contributed by atoms with Crippen molar-refractivity contribution in [2.45, 2.75) is 0 Å². The highest BCUT2D eigenvalue weighted by Crippen LogP contribution is 2.50. The van der Waals surface area contributed by atoms with Crippen molar-refractivity contribution in [3.63, 3.8) is 0 Å². The summed E-state index contributed by atoms with van der Waals surface area (Å²) in [5, 5.41) is 9.82. The number of rotatable bonds is 3. The van der Waals surface area contributed by atoms with Crippen molar-refractivity contribution in [2.75, 3.05) is 0 Å². The summed E-state index contributed by atoms with van der Waals surface area (Å²) < 4.78 is 6.62. The van der Waals surface area contributed by atoms with Gasteiger partial charge in [-0.25, -0.2) is 0 Å². The fourth-order valence-corrected chi connectivity index (χ4v) is 7.76. The molecule has 0 aliphatic carbocycles. The summed E-state index contributed by atoms with van der Waals surface area (Å²) in [4.78, 5) is 0. The van der Waals surface area contributed by atoms with Gasteiger partial charge < -0.3 is 4.74 Å². The Bertz CT molecular complexity index is 2650. The van der Waals surface area contributed by atoms with E-state index >= 15 is 0 Å². The average Bonchev–Trinajstić information content (AvgIpc) is 3.13. The van der Waals surface area contributed by atoms with Crippen LogP contribution in [0.1, 0.15) is 0 Å². The van der Waals surface area contributed by atoms with Crippen LogP contribution in [0.4, 0.5) is 0 Å². The largest absolute Gasteiger partial charge is 0.456 e. The van der Waals surface area contributed by atoms with Gasteiger partial charge >= 0.3 is 0 Å². The molecule has 9 aromatic rings. The van der Waals surface area contributed by atoms with Crippen LogP contribution in [-0.2, 0) is 0 Å². The van der Waals surface area contributed by atoms with E-state index in [0.29, 0.717) is 0 Å². The second-order valence-electron chi connectivity index (χ2n) is 12.4. The molecule has 0 unspecified atom stereocenters. The minimum Gasteiger partial charge on any atom is -0.456 e. The minimum absolute atomic E-state index is 0.896. The lowest BCUT2D eigenvalue weighted by molar-refractivity contribution is 0.487. The predicted molar refractivity (Wildman–Crippen MR) is 198 cm³/mol. The van der Waals surface area contributed by atoms with Gasteiger partial charge in [-0.15, -0.1) is 0 Å². The zero-order valence-electron chi connectivity index (χ0n) is 25.6. The fourth-order valence-electron chi connectivity index (χ4n) is 7.76. The third-order valence-electron chi connectivity index (χ3n) is 9.84. The zero-order chi connectivity index (χ0) is 30.9. The van der Waals surface area contributed by atoms with Gasteiger partial charge in [-0.3, -0.25) is 0 Å². The van der Waals surface area contributed by atoms with E-state index < -0.39 is 0 Å². The molecule has 1 nitrogen and oxygen atoms in total. The van der Waals surface area contributed by atoms with E-state index in [1.54, 1.807) is 0 Å². The second kappa shape index (κ2) is 10.2. The highest BCUT2D eigenvalue weighted by molar-refractivity contribution is 6.22. The first-order valence-electron chi connectivity index (χ1n) is 16.2. The molecular weight excluding hydrogens is 569 g/mol. The molecule has 1 heteroatoms. The molecule has 47 heavy (non-hydrogen) atoms. The molecule has 0 radical (unpaired) electrons. The third-order valence-corrected chi connectivity index (χ3v) is 9.84. The summed E-state index contributed by atoms with van der Waals surface area (Å²) >= 11 is 0. The van der Waals surface area contributed by atoms with Crippen LogP contribution in [0.3, 0.4) is 0 Å². The number of fused-ring (bicyclic) bond motifs is 5. The first-order valence-corrected chi connectivity index (χ1v) is 16.2. The van der Waals surface area contributed by atoms with Crippen LogP contribution >= 0.6 is 0 Å². The van der Waals surface area contributed by atoms with Gasteiger partial charge in [0.05, 0.1) is 0 Å². The van der Waals surface area contributed by atoms with E-state index in [-0.39, 0.29) is 0 Å². The monoisotopic (exact) mass is 596 g/mol. The summed E-state index contributed by atoms with van der Waals surface area (Å²) in [6.07, 6.45) is 0. The number of hydrogen-bond donors (Lipinski definition) is 0. The van der Waals surface area contributed by atoms with Gasteiger partial charge in [-0.2, -0.15) is 0 Å². The molecule has 9 aromatic carbocycles. The molecule has 0 saturated heterocycles. The molecule has 0 atom stereocenters. The van der Waals surface area contributed by atoms with E-state index in [9.17, 15) is 0 Å². The van der Waals surface area contributed by atoms with Gasteiger partial charge in [-0.1, -0.05) is 146 Å². The lowest BCUT2D eigenvalue weighted by atomic mass is 9.83. The van der Waals surface area contributed by atoms with E-state index in [0.717, 1.165) is 22.6 Å². The van der Waals surface area contributed by atoms with Gasteiger partial charge in [0.1, 0.15) is 11.5 Å². The standard InChI is InChI=1S/C46H28O/c1-2-12-31-27-32(24-23-29(31)11-1)34-15-3-4-16-36(34)46-40-19-7-5-17-38(40)44(39-18-6-8-20-41(39)46)33-25-26-35-37-21-9-13-30-14-10-22-42(45(30)37)47-43(35)28-33/h1-28H. The Balaban J connectivity index is 1.22. The Morgan fingerprint density at radius 2 is 0.872 bits per heavy atom. The molecular formula is C46H28O. The molecule has 218 valence electrons. The molecule has 0 saturated carbocycles. The molecule has 1 aliphatic rings. The van der Waals surface area contributed by atoms with E-state index in [1.165, 1.54) is 76.5 Å². The zero-order valence-corrected chi connectivity index (χ0v) is 25.6. The van der Waals surface area contributed by atoms with Crippen LogP contribution in [-0.4, -0.2) is 0 Å². The van der Waals surface area contributed by atoms with E-state index in [4.69, 9.17) is 4.74 Å². The van der Waals surface area contributed by atoms with Gasteiger partial charge in [0.2, 0.25) is 0 Å². The van der Waals surface area contributed by atoms with Crippen molar-refractivity contribution in [3.05, 3.63) is 170 Å². The molecule has 0 spiro atoms. The average molecular weight is 597 g/mol. The van der Waals surface area contributed by atoms with Crippen LogP contribution in [0.5, 0.6) is 11.5 Å². The van der Waals surface area contributed by atoms with Gasteiger partial charge in [0, 0.05) is 10.9 Å². The van der Waals surface area contributed by atoms with Crippen LogP contribution < -0.4 is 4.74 Å². The maximum Gasteiger partial charge on any atom is 0.135 e. The second-order valence-corrected chi connectivity index (χ2v) is 12.4. The maximum atomic E-state index is 6.62. The van der Waals surface area contributed by atoms with Crippen molar-refractivity contribution < 1.29 is 4.74 Å². The van der Waals surface area contributed by atoms with Crippen LogP contribution in [0.2, 0.25) is 0 Å². The smallest absolute Gasteiger partial charge is 0.135 e. The highest BCUT2D eigenvalue weighted by Gasteiger charge is 2.23. The molecule has 0 aromatic heterocycles. The summed E-state index contributed by atoms with van der Waals surface area (Å²) in [5.41, 5.74) is 9.69. The Kier molecular flexibility index (Phi) is 5.64. The third kappa shape index (κ3) is 3.97. The minimum atomic E-state index is 0.896. The molecule has 1 heterocycles. The van der Waals surface area contributed by atoms with Crippen molar-refractivity contribution in [1.29, 1.82) is 0 Å². The normalized spacial score (nSPS) is 12.0. The summed E-state index contributed by atoms with van der Waals surface area (Å²) in [7, 11) is 0. The van der Waals surface area contributed by atoms with E-state index in [1.807, 2.05) is 0 Å². The Labute approximate surface area is 272 Å². The number of benzene rings is 9. The summed E-state index contributed by atoms with van der Waals surface area (Å²) in [6, 6.07) is 61.6. The van der Waals surface area contributed by atoms with Crippen molar-refractivity contribution >= 4 is 43.1 Å². The van der Waals surface area contributed by atoms with Gasteiger partial charge in [0.15, 0.2) is 0 Å². The predicted octanol–water partition coefficient (Wildman–Crippen LogP) is 13.1. The summed E-state index contributed by atoms with van der Waals surface area (Å²) in [6.45, 7) is 0. The van der Waals surface area contributed by atoms with Crippen molar-refractivity contribution in [3.8, 4) is 56.0 Å². The van der Waals surface area contributed by atoms with Gasteiger partial charge in [-0.05, 0) is 101 Å². The Morgan fingerprint density at radius 3 is 1.64 bits per heavy atom. The first kappa shape index (κ1) is 26.1.